The summed E-state index contributed by atoms with van der Waals surface area (Å²) in [6.07, 6.45) is 5.67. The lowest BCUT2D eigenvalue weighted by Gasteiger charge is -2.09. The highest BCUT2D eigenvalue weighted by molar-refractivity contribution is 6.31. The number of halogens is 1. The summed E-state index contributed by atoms with van der Waals surface area (Å²) in [6, 6.07) is 12.7. The van der Waals surface area contributed by atoms with Crippen molar-refractivity contribution in [2.75, 3.05) is 0 Å². The van der Waals surface area contributed by atoms with Gasteiger partial charge in [0.2, 0.25) is 5.88 Å². The number of rotatable bonds is 6. The fourth-order valence-corrected chi connectivity index (χ4v) is 2.60. The Morgan fingerprint density at radius 1 is 1.15 bits per heavy atom. The van der Waals surface area contributed by atoms with Gasteiger partial charge in [-0.3, -0.25) is 9.78 Å². The molecular formula is C20H18ClN3O2. The number of hydrogen-bond acceptors (Lipinski definition) is 4. The van der Waals surface area contributed by atoms with E-state index in [0.29, 0.717) is 28.8 Å². The van der Waals surface area contributed by atoms with Crippen molar-refractivity contribution in [2.24, 2.45) is 0 Å². The van der Waals surface area contributed by atoms with Crippen molar-refractivity contribution in [3.05, 3.63) is 82.8 Å². The molecule has 1 amide bonds. The maximum atomic E-state index is 12.3. The minimum absolute atomic E-state index is 0.219. The molecule has 0 aliphatic carbocycles. The number of hydrogen-bond donors (Lipinski definition) is 1. The van der Waals surface area contributed by atoms with Crippen molar-refractivity contribution in [3.63, 3.8) is 0 Å². The van der Waals surface area contributed by atoms with E-state index in [0.717, 1.165) is 12.0 Å². The predicted molar refractivity (Wildman–Crippen MR) is 101 cm³/mol. The Balaban J connectivity index is 1.59. The zero-order valence-corrected chi connectivity index (χ0v) is 15.0. The summed E-state index contributed by atoms with van der Waals surface area (Å²) in [6.45, 7) is 2.43. The van der Waals surface area contributed by atoms with Crippen LogP contribution in [-0.4, -0.2) is 15.9 Å². The van der Waals surface area contributed by atoms with E-state index in [1.807, 2.05) is 18.2 Å². The fraction of sp³-hybridized carbons (Fsp3) is 0.150. The lowest BCUT2D eigenvalue weighted by atomic mass is 10.1. The Labute approximate surface area is 157 Å². The van der Waals surface area contributed by atoms with Gasteiger partial charge in [0.25, 0.3) is 5.91 Å². The molecule has 2 aromatic heterocycles. The molecule has 5 nitrogen and oxygen atoms in total. The van der Waals surface area contributed by atoms with Crippen LogP contribution in [-0.2, 0) is 13.0 Å². The quantitative estimate of drug-likeness (QED) is 0.700. The molecule has 1 aromatic carbocycles. The third-order valence-electron chi connectivity index (χ3n) is 3.84. The lowest BCUT2D eigenvalue weighted by Crippen LogP contribution is -2.23. The summed E-state index contributed by atoms with van der Waals surface area (Å²) in [5.41, 5.74) is 2.50. The van der Waals surface area contributed by atoms with Gasteiger partial charge in [0.1, 0.15) is 5.75 Å². The molecule has 6 heteroatoms. The van der Waals surface area contributed by atoms with Crippen molar-refractivity contribution in [3.8, 4) is 11.6 Å². The third kappa shape index (κ3) is 4.58. The molecule has 0 saturated carbocycles. The SMILES string of the molecule is CCc1ccc(CNC(=O)c2ccc(Oc3ccncc3)nc2)c(Cl)c1. The van der Waals surface area contributed by atoms with E-state index in [9.17, 15) is 4.79 Å². The van der Waals surface area contributed by atoms with Gasteiger partial charge in [-0.1, -0.05) is 30.7 Å². The fourth-order valence-electron chi connectivity index (χ4n) is 2.33. The van der Waals surface area contributed by atoms with Crippen LogP contribution in [0.5, 0.6) is 11.6 Å². The monoisotopic (exact) mass is 367 g/mol. The zero-order chi connectivity index (χ0) is 18.4. The molecule has 1 N–H and O–H groups in total. The number of carbonyl (C=O) groups is 1. The Bertz CT molecular complexity index is 883. The highest BCUT2D eigenvalue weighted by atomic mass is 35.5. The van der Waals surface area contributed by atoms with Gasteiger partial charge in [-0.05, 0) is 41.8 Å². The van der Waals surface area contributed by atoms with Crippen LogP contribution in [0.3, 0.4) is 0 Å². The number of benzene rings is 1. The number of pyridine rings is 2. The summed E-state index contributed by atoms with van der Waals surface area (Å²) in [5.74, 6) is 0.824. The first kappa shape index (κ1) is 17.9. The molecule has 3 aromatic rings. The van der Waals surface area contributed by atoms with Gasteiger partial charge in [0.05, 0.1) is 5.56 Å². The molecule has 0 aliphatic heterocycles. The van der Waals surface area contributed by atoms with Crippen molar-refractivity contribution >= 4 is 17.5 Å². The van der Waals surface area contributed by atoms with Crippen molar-refractivity contribution < 1.29 is 9.53 Å². The van der Waals surface area contributed by atoms with Crippen molar-refractivity contribution in [2.45, 2.75) is 19.9 Å². The molecule has 0 unspecified atom stereocenters. The van der Waals surface area contributed by atoms with E-state index < -0.39 is 0 Å². The second kappa shape index (κ2) is 8.45. The standard InChI is InChI=1S/C20H18ClN3O2/c1-2-14-3-4-15(18(21)11-14)12-24-20(25)16-5-6-19(23-13-16)26-17-7-9-22-10-8-17/h3-11,13H,2,12H2,1H3,(H,24,25). The summed E-state index contributed by atoms with van der Waals surface area (Å²) in [4.78, 5) is 20.4. The number of carbonyl (C=O) groups excluding carboxylic acids is 1. The van der Waals surface area contributed by atoms with E-state index in [1.54, 1.807) is 36.7 Å². The van der Waals surface area contributed by atoms with E-state index in [2.05, 4.69) is 22.2 Å². The minimum Gasteiger partial charge on any atom is -0.439 e. The second-order valence-electron chi connectivity index (χ2n) is 5.63. The Morgan fingerprint density at radius 2 is 1.96 bits per heavy atom. The number of aryl methyl sites for hydroxylation is 1. The number of aromatic nitrogens is 2. The second-order valence-corrected chi connectivity index (χ2v) is 6.04. The van der Waals surface area contributed by atoms with Gasteiger partial charge in [-0.25, -0.2) is 4.98 Å². The van der Waals surface area contributed by atoms with Gasteiger partial charge in [0, 0.05) is 36.2 Å². The van der Waals surface area contributed by atoms with E-state index in [-0.39, 0.29) is 5.91 Å². The molecule has 26 heavy (non-hydrogen) atoms. The van der Waals surface area contributed by atoms with Gasteiger partial charge in [-0.15, -0.1) is 0 Å². The first-order valence-electron chi connectivity index (χ1n) is 8.25. The zero-order valence-electron chi connectivity index (χ0n) is 14.3. The first-order valence-corrected chi connectivity index (χ1v) is 8.63. The average Bonchev–Trinajstić information content (AvgIpc) is 2.68. The van der Waals surface area contributed by atoms with Crippen LogP contribution in [0.25, 0.3) is 0 Å². The van der Waals surface area contributed by atoms with Gasteiger partial charge < -0.3 is 10.1 Å². The molecule has 0 aliphatic rings. The van der Waals surface area contributed by atoms with Crippen LogP contribution < -0.4 is 10.1 Å². The molecule has 3 rings (SSSR count). The van der Waals surface area contributed by atoms with E-state index >= 15 is 0 Å². The van der Waals surface area contributed by atoms with Gasteiger partial charge >= 0.3 is 0 Å². The molecule has 0 fully saturated rings. The highest BCUT2D eigenvalue weighted by Gasteiger charge is 2.08. The number of ether oxygens (including phenoxy) is 1. The maximum Gasteiger partial charge on any atom is 0.253 e. The normalized spacial score (nSPS) is 10.4. The van der Waals surface area contributed by atoms with Crippen LogP contribution in [0, 0.1) is 0 Å². The summed E-state index contributed by atoms with van der Waals surface area (Å²) >= 11 is 6.25. The molecular weight excluding hydrogens is 350 g/mol. The summed E-state index contributed by atoms with van der Waals surface area (Å²) in [7, 11) is 0. The van der Waals surface area contributed by atoms with Crippen molar-refractivity contribution in [1.29, 1.82) is 0 Å². The molecule has 0 saturated heterocycles. The Morgan fingerprint density at radius 3 is 2.62 bits per heavy atom. The molecule has 2 heterocycles. The molecule has 0 bridgehead atoms. The molecule has 0 atom stereocenters. The van der Waals surface area contributed by atoms with Gasteiger partial charge in [0.15, 0.2) is 0 Å². The van der Waals surface area contributed by atoms with Crippen LogP contribution in [0.15, 0.2) is 61.1 Å². The maximum absolute atomic E-state index is 12.3. The summed E-state index contributed by atoms with van der Waals surface area (Å²) < 4.78 is 5.58. The molecule has 0 radical (unpaired) electrons. The topological polar surface area (TPSA) is 64.1 Å². The highest BCUT2D eigenvalue weighted by Crippen LogP contribution is 2.19. The van der Waals surface area contributed by atoms with Crippen LogP contribution in [0.2, 0.25) is 5.02 Å². The summed E-state index contributed by atoms with van der Waals surface area (Å²) in [5, 5.41) is 3.51. The van der Waals surface area contributed by atoms with Crippen LogP contribution in [0.1, 0.15) is 28.4 Å². The van der Waals surface area contributed by atoms with Crippen LogP contribution >= 0.6 is 11.6 Å². The molecule has 132 valence electrons. The number of amides is 1. The van der Waals surface area contributed by atoms with Crippen LogP contribution in [0.4, 0.5) is 0 Å². The predicted octanol–water partition coefficient (Wildman–Crippen LogP) is 4.41. The Hall–Kier alpha value is -2.92. The lowest BCUT2D eigenvalue weighted by molar-refractivity contribution is 0.0950. The Kier molecular flexibility index (Phi) is 5.81. The number of nitrogens with one attached hydrogen (secondary N) is 1. The molecule has 0 spiro atoms. The number of nitrogens with zero attached hydrogens (tertiary/aromatic N) is 2. The largest absolute Gasteiger partial charge is 0.439 e. The van der Waals surface area contributed by atoms with Gasteiger partial charge in [-0.2, -0.15) is 0 Å². The average molecular weight is 368 g/mol. The van der Waals surface area contributed by atoms with Crippen molar-refractivity contribution in [1.82, 2.24) is 15.3 Å². The minimum atomic E-state index is -0.219. The third-order valence-corrected chi connectivity index (χ3v) is 4.19. The van der Waals surface area contributed by atoms with E-state index in [1.165, 1.54) is 11.8 Å². The first-order chi connectivity index (χ1) is 12.7. The smallest absolute Gasteiger partial charge is 0.253 e. The van der Waals surface area contributed by atoms with E-state index in [4.69, 9.17) is 16.3 Å².